The molecule has 1 amide bonds. The van der Waals surface area contributed by atoms with E-state index in [9.17, 15) is 4.79 Å². The average molecular weight is 461 g/mol. The van der Waals surface area contributed by atoms with Gasteiger partial charge in [-0.05, 0) is 35.9 Å². The van der Waals surface area contributed by atoms with Crippen LogP contribution in [-0.4, -0.2) is 27.8 Å². The molecule has 1 aromatic heterocycles. The number of hydrogen-bond donors (Lipinski definition) is 0. The second kappa shape index (κ2) is 10.4. The minimum atomic E-state index is -0.0622. The molecule has 0 fully saturated rings. The zero-order chi connectivity index (χ0) is 22.3. The van der Waals surface area contributed by atoms with Crippen molar-refractivity contribution in [3.63, 3.8) is 0 Å². The molecular weight excluding hydrogens is 440 g/mol. The van der Waals surface area contributed by atoms with Crippen molar-refractivity contribution in [3.8, 4) is 6.07 Å². The molecule has 0 aliphatic heterocycles. The van der Waals surface area contributed by atoms with Gasteiger partial charge < -0.3 is 9.47 Å². The van der Waals surface area contributed by atoms with Crippen molar-refractivity contribution < 1.29 is 4.79 Å². The van der Waals surface area contributed by atoms with E-state index < -0.39 is 0 Å². The number of imidazole rings is 1. The fourth-order valence-corrected chi connectivity index (χ4v) is 4.54. The van der Waals surface area contributed by atoms with Crippen LogP contribution in [0.4, 0.5) is 5.69 Å². The highest BCUT2D eigenvalue weighted by atomic mass is 35.5. The van der Waals surface area contributed by atoms with E-state index >= 15 is 0 Å². The molecule has 0 N–H and O–H groups in total. The lowest BCUT2D eigenvalue weighted by Crippen LogP contribution is -2.33. The predicted octanol–water partition coefficient (Wildman–Crippen LogP) is 5.78. The number of carbonyl (C=O) groups excluding carboxylic acids is 1. The molecule has 4 aromatic rings. The highest BCUT2D eigenvalue weighted by molar-refractivity contribution is 7.99. The first-order valence-corrected chi connectivity index (χ1v) is 11.6. The Labute approximate surface area is 196 Å². The summed E-state index contributed by atoms with van der Waals surface area (Å²) in [5.74, 6) is 0.152. The van der Waals surface area contributed by atoms with Crippen molar-refractivity contribution in [2.75, 3.05) is 17.2 Å². The Balaban J connectivity index is 1.59. The molecule has 0 bridgehead atoms. The van der Waals surface area contributed by atoms with Crippen LogP contribution in [0.2, 0.25) is 5.02 Å². The number of nitriles is 1. The molecule has 0 aliphatic carbocycles. The standard InChI is InChI=1S/C25H21ClN4OS/c26-20-12-13-23-22(16-20)28-25(30(23)17-19-8-3-1-4-9-19)32-18-24(31)29(15-7-14-27)21-10-5-2-6-11-21/h1-6,8-13,16H,7,15,17-18H2. The Hall–Kier alpha value is -3.27. The van der Waals surface area contributed by atoms with Gasteiger partial charge in [-0.25, -0.2) is 4.98 Å². The van der Waals surface area contributed by atoms with Crippen LogP contribution in [0.25, 0.3) is 11.0 Å². The summed E-state index contributed by atoms with van der Waals surface area (Å²) >= 11 is 7.58. The van der Waals surface area contributed by atoms with Gasteiger partial charge in [0.2, 0.25) is 5.91 Å². The van der Waals surface area contributed by atoms with Crippen LogP contribution in [-0.2, 0) is 11.3 Å². The summed E-state index contributed by atoms with van der Waals surface area (Å²) in [4.78, 5) is 19.5. The van der Waals surface area contributed by atoms with Gasteiger partial charge in [0.15, 0.2) is 5.16 Å². The topological polar surface area (TPSA) is 61.9 Å². The van der Waals surface area contributed by atoms with E-state index in [1.165, 1.54) is 11.8 Å². The number of rotatable bonds is 8. The quantitative estimate of drug-likeness (QED) is 0.313. The van der Waals surface area contributed by atoms with Gasteiger partial charge in [0, 0.05) is 17.3 Å². The van der Waals surface area contributed by atoms with E-state index in [1.807, 2.05) is 66.7 Å². The second-order valence-electron chi connectivity index (χ2n) is 7.18. The summed E-state index contributed by atoms with van der Waals surface area (Å²) in [7, 11) is 0. The molecule has 32 heavy (non-hydrogen) atoms. The Morgan fingerprint density at radius 1 is 1.06 bits per heavy atom. The maximum Gasteiger partial charge on any atom is 0.237 e. The number of anilines is 1. The molecule has 3 aromatic carbocycles. The number of thioether (sulfide) groups is 1. The van der Waals surface area contributed by atoms with Crippen LogP contribution in [0.5, 0.6) is 0 Å². The monoisotopic (exact) mass is 460 g/mol. The Bertz CT molecular complexity index is 1250. The van der Waals surface area contributed by atoms with Crippen molar-refractivity contribution in [1.82, 2.24) is 9.55 Å². The summed E-state index contributed by atoms with van der Waals surface area (Å²) in [5, 5.41) is 10.4. The molecule has 0 saturated carbocycles. The zero-order valence-corrected chi connectivity index (χ0v) is 18.9. The van der Waals surface area contributed by atoms with Crippen molar-refractivity contribution in [3.05, 3.63) is 89.4 Å². The fourth-order valence-electron chi connectivity index (χ4n) is 3.48. The van der Waals surface area contributed by atoms with E-state index in [0.29, 0.717) is 18.1 Å². The van der Waals surface area contributed by atoms with Gasteiger partial charge in [0.05, 0.1) is 35.8 Å². The van der Waals surface area contributed by atoms with Crippen LogP contribution in [0.1, 0.15) is 12.0 Å². The number of amides is 1. The largest absolute Gasteiger partial charge is 0.314 e. The molecule has 0 atom stereocenters. The third-order valence-corrected chi connectivity index (χ3v) is 6.20. The molecule has 7 heteroatoms. The third kappa shape index (κ3) is 5.13. The minimum absolute atomic E-state index is 0.0622. The van der Waals surface area contributed by atoms with Gasteiger partial charge >= 0.3 is 0 Å². The average Bonchev–Trinajstić information content (AvgIpc) is 3.15. The number of aromatic nitrogens is 2. The van der Waals surface area contributed by atoms with Gasteiger partial charge in [0.25, 0.3) is 0 Å². The maximum absolute atomic E-state index is 13.1. The molecule has 0 radical (unpaired) electrons. The summed E-state index contributed by atoms with van der Waals surface area (Å²) in [6.07, 6.45) is 0.274. The number of nitrogens with zero attached hydrogens (tertiary/aromatic N) is 4. The van der Waals surface area contributed by atoms with E-state index in [1.54, 1.807) is 4.90 Å². The van der Waals surface area contributed by atoms with Crippen LogP contribution < -0.4 is 4.90 Å². The van der Waals surface area contributed by atoms with Crippen LogP contribution >= 0.6 is 23.4 Å². The van der Waals surface area contributed by atoms with Gasteiger partial charge in [-0.3, -0.25) is 4.79 Å². The smallest absolute Gasteiger partial charge is 0.237 e. The van der Waals surface area contributed by atoms with Gasteiger partial charge in [-0.2, -0.15) is 5.26 Å². The number of benzene rings is 3. The molecule has 1 heterocycles. The maximum atomic E-state index is 13.1. The summed E-state index contributed by atoms with van der Waals surface area (Å²) in [6.45, 7) is 1.00. The molecule has 5 nitrogen and oxygen atoms in total. The van der Waals surface area contributed by atoms with Crippen molar-refractivity contribution in [2.45, 2.75) is 18.1 Å². The van der Waals surface area contributed by atoms with E-state index in [4.69, 9.17) is 21.8 Å². The Morgan fingerprint density at radius 2 is 1.78 bits per heavy atom. The highest BCUT2D eigenvalue weighted by Crippen LogP contribution is 2.28. The first kappa shape index (κ1) is 21.9. The van der Waals surface area contributed by atoms with Crippen molar-refractivity contribution in [2.24, 2.45) is 0 Å². The molecule has 160 valence electrons. The van der Waals surface area contributed by atoms with Gasteiger partial charge in [0.1, 0.15) is 0 Å². The number of carbonyl (C=O) groups is 1. The molecule has 4 rings (SSSR count). The summed E-state index contributed by atoms with van der Waals surface area (Å²) < 4.78 is 2.11. The summed E-state index contributed by atoms with van der Waals surface area (Å²) in [6, 6.07) is 27.4. The highest BCUT2D eigenvalue weighted by Gasteiger charge is 2.18. The number of para-hydroxylation sites is 1. The van der Waals surface area contributed by atoms with E-state index in [2.05, 4.69) is 22.8 Å². The van der Waals surface area contributed by atoms with Gasteiger partial charge in [-0.15, -0.1) is 0 Å². The van der Waals surface area contributed by atoms with Crippen LogP contribution in [0.15, 0.2) is 84.0 Å². The number of fused-ring (bicyclic) bond motifs is 1. The lowest BCUT2D eigenvalue weighted by molar-refractivity contribution is -0.116. The molecule has 0 saturated heterocycles. The SMILES string of the molecule is N#CCCN(C(=O)CSc1nc2cc(Cl)ccc2n1Cc1ccccc1)c1ccccc1. The lowest BCUT2D eigenvalue weighted by Gasteiger charge is -2.21. The van der Waals surface area contributed by atoms with Crippen LogP contribution in [0, 0.1) is 11.3 Å². The fraction of sp³-hybridized carbons (Fsp3) is 0.160. The van der Waals surface area contributed by atoms with Crippen LogP contribution in [0.3, 0.4) is 0 Å². The Morgan fingerprint density at radius 3 is 2.50 bits per heavy atom. The summed E-state index contributed by atoms with van der Waals surface area (Å²) in [5.41, 5.74) is 3.71. The third-order valence-electron chi connectivity index (χ3n) is 5.00. The predicted molar refractivity (Wildman–Crippen MR) is 130 cm³/mol. The second-order valence-corrected chi connectivity index (χ2v) is 8.56. The molecule has 0 spiro atoms. The van der Waals surface area contributed by atoms with E-state index in [0.717, 1.165) is 27.4 Å². The molecule has 0 unspecified atom stereocenters. The van der Waals surface area contributed by atoms with Gasteiger partial charge in [-0.1, -0.05) is 71.9 Å². The number of halogens is 1. The first-order valence-electron chi connectivity index (χ1n) is 10.2. The Kier molecular flexibility index (Phi) is 7.10. The lowest BCUT2D eigenvalue weighted by atomic mass is 10.2. The minimum Gasteiger partial charge on any atom is -0.314 e. The molecule has 0 aliphatic rings. The first-order chi connectivity index (χ1) is 15.7. The number of hydrogen-bond acceptors (Lipinski definition) is 4. The normalized spacial score (nSPS) is 10.8. The molecular formula is C25H21ClN4OS. The van der Waals surface area contributed by atoms with Crippen molar-refractivity contribution >= 4 is 46.0 Å². The van der Waals surface area contributed by atoms with Crippen molar-refractivity contribution in [1.29, 1.82) is 5.26 Å². The zero-order valence-electron chi connectivity index (χ0n) is 17.3. The van der Waals surface area contributed by atoms with E-state index in [-0.39, 0.29) is 18.1 Å².